The highest BCUT2D eigenvalue weighted by Crippen LogP contribution is 2.36. The average molecular weight is 409 g/mol. The second-order valence-electron chi connectivity index (χ2n) is 7.12. The van der Waals surface area contributed by atoms with Crippen LogP contribution in [0.4, 0.5) is 0 Å². The van der Waals surface area contributed by atoms with E-state index in [0.29, 0.717) is 11.1 Å². The van der Waals surface area contributed by atoms with Gasteiger partial charge in [0.1, 0.15) is 29.8 Å². The molecule has 5 nitrogen and oxygen atoms in total. The van der Waals surface area contributed by atoms with E-state index in [1.807, 2.05) is 61.6 Å². The van der Waals surface area contributed by atoms with Crippen LogP contribution in [0.3, 0.4) is 0 Å². The van der Waals surface area contributed by atoms with E-state index < -0.39 is 0 Å². The Morgan fingerprint density at radius 3 is 1.97 bits per heavy atom. The predicted octanol–water partition coefficient (Wildman–Crippen LogP) is 5.63. The van der Waals surface area contributed by atoms with Gasteiger partial charge in [0, 0.05) is 34.4 Å². The molecule has 0 spiro atoms. The van der Waals surface area contributed by atoms with Gasteiger partial charge in [-0.25, -0.2) is 0 Å². The second-order valence-corrected chi connectivity index (χ2v) is 7.12. The van der Waals surface area contributed by atoms with Crippen LogP contribution in [-0.4, -0.2) is 4.57 Å². The zero-order valence-electron chi connectivity index (χ0n) is 17.2. The molecule has 0 aliphatic heterocycles. The fourth-order valence-electron chi connectivity index (χ4n) is 3.98. The third-order valence-electron chi connectivity index (χ3n) is 5.46. The van der Waals surface area contributed by atoms with Gasteiger partial charge in [-0.15, -0.1) is 0 Å². The number of hydrogen-bond donors (Lipinski definition) is 0. The third kappa shape index (κ3) is 3.18. The molecular formula is C27H15N5. The van der Waals surface area contributed by atoms with Crippen LogP contribution in [0, 0.1) is 45.3 Å². The molecule has 0 unspecified atom stereocenters. The first-order chi connectivity index (χ1) is 15.6. The van der Waals surface area contributed by atoms with Crippen molar-refractivity contribution >= 4 is 33.0 Å². The maximum Gasteiger partial charge on any atom is 0.148 e. The fraction of sp³-hybridized carbons (Fsp3) is 0.0370. The predicted molar refractivity (Wildman–Crippen MR) is 123 cm³/mol. The van der Waals surface area contributed by atoms with E-state index in [2.05, 4.69) is 10.6 Å². The van der Waals surface area contributed by atoms with Gasteiger partial charge in [0.2, 0.25) is 0 Å². The summed E-state index contributed by atoms with van der Waals surface area (Å²) in [5.41, 5.74) is 3.33. The summed E-state index contributed by atoms with van der Waals surface area (Å²) in [5, 5.41) is 40.9. The number of aromatic nitrogens is 1. The van der Waals surface area contributed by atoms with Gasteiger partial charge in [0.05, 0.1) is 11.1 Å². The lowest BCUT2D eigenvalue weighted by Crippen LogP contribution is -1.97. The molecule has 0 saturated carbocycles. The molecule has 0 bridgehead atoms. The normalized spacial score (nSPS) is 11.0. The zero-order chi connectivity index (χ0) is 22.7. The van der Waals surface area contributed by atoms with Crippen molar-refractivity contribution in [1.29, 1.82) is 21.0 Å². The van der Waals surface area contributed by atoms with E-state index in [4.69, 9.17) is 0 Å². The molecule has 148 valence electrons. The van der Waals surface area contributed by atoms with Crippen molar-refractivity contribution in [2.75, 3.05) is 0 Å². The molecule has 0 aliphatic carbocycles. The van der Waals surface area contributed by atoms with E-state index in [9.17, 15) is 21.0 Å². The molecule has 5 heteroatoms. The van der Waals surface area contributed by atoms with Crippen LogP contribution in [0.25, 0.3) is 33.0 Å². The third-order valence-corrected chi connectivity index (χ3v) is 5.46. The van der Waals surface area contributed by atoms with Crippen molar-refractivity contribution in [3.63, 3.8) is 0 Å². The highest BCUT2D eigenvalue weighted by molar-refractivity contribution is 6.11. The zero-order valence-corrected chi connectivity index (χ0v) is 17.2. The minimum atomic E-state index is -0.328. The summed E-state index contributed by atoms with van der Waals surface area (Å²) in [4.78, 5) is 0. The fourth-order valence-corrected chi connectivity index (χ4v) is 3.98. The van der Waals surface area contributed by atoms with Gasteiger partial charge in [-0.1, -0.05) is 54.6 Å². The number of fused-ring (bicyclic) bond motifs is 3. The van der Waals surface area contributed by atoms with E-state index in [1.165, 1.54) is 0 Å². The quantitative estimate of drug-likeness (QED) is 0.248. The summed E-state index contributed by atoms with van der Waals surface area (Å²) in [6.45, 7) is 0. The summed E-state index contributed by atoms with van der Waals surface area (Å²) in [6, 6.07) is 30.4. The van der Waals surface area contributed by atoms with Crippen molar-refractivity contribution < 1.29 is 0 Å². The molecular weight excluding hydrogens is 394 g/mol. The maximum absolute atomic E-state index is 10.2. The molecule has 3 aromatic carbocycles. The van der Waals surface area contributed by atoms with Gasteiger partial charge in [-0.3, -0.25) is 0 Å². The molecule has 1 aromatic heterocycles. The highest BCUT2D eigenvalue weighted by Gasteiger charge is 2.21. The largest absolute Gasteiger partial charge is 0.344 e. The Kier molecular flexibility index (Phi) is 5.26. The SMILES string of the molecule is Cn1c2ccccc2c2cc(C(C#N)=C(C(C#N)=C(C#N)C#N)c3ccccc3)ccc21. The first-order valence-electron chi connectivity index (χ1n) is 9.76. The molecule has 4 rings (SSSR count). The lowest BCUT2D eigenvalue weighted by Gasteiger charge is -2.11. The maximum atomic E-state index is 10.2. The van der Waals surface area contributed by atoms with E-state index in [0.717, 1.165) is 21.8 Å². The number of nitrogens with zero attached hydrogens (tertiary/aromatic N) is 5. The Bertz CT molecular complexity index is 1590. The molecule has 0 saturated heterocycles. The molecule has 4 aromatic rings. The Balaban J connectivity index is 2.12. The molecule has 0 aliphatic rings. The van der Waals surface area contributed by atoms with Crippen LogP contribution in [-0.2, 0) is 7.05 Å². The van der Waals surface area contributed by atoms with Gasteiger partial charge in [-0.05, 0) is 29.3 Å². The van der Waals surface area contributed by atoms with Crippen LogP contribution in [0.15, 0.2) is 83.9 Å². The van der Waals surface area contributed by atoms with Crippen molar-refractivity contribution in [3.05, 3.63) is 95.1 Å². The van der Waals surface area contributed by atoms with Gasteiger partial charge >= 0.3 is 0 Å². The first kappa shape index (κ1) is 20.2. The number of benzene rings is 3. The van der Waals surface area contributed by atoms with Crippen LogP contribution < -0.4 is 0 Å². The number of aryl methyl sites for hydroxylation is 1. The highest BCUT2D eigenvalue weighted by atomic mass is 14.9. The Morgan fingerprint density at radius 1 is 0.656 bits per heavy atom. The Hall–Kier alpha value is -5.10. The smallest absolute Gasteiger partial charge is 0.148 e. The van der Waals surface area contributed by atoms with Gasteiger partial charge in [0.25, 0.3) is 0 Å². The van der Waals surface area contributed by atoms with Crippen molar-refractivity contribution in [2.45, 2.75) is 0 Å². The Labute approximate surface area is 185 Å². The summed E-state index contributed by atoms with van der Waals surface area (Å²) < 4.78 is 2.09. The van der Waals surface area contributed by atoms with Gasteiger partial charge < -0.3 is 4.57 Å². The monoisotopic (exact) mass is 409 g/mol. The average Bonchev–Trinajstić information content (AvgIpc) is 3.13. The molecule has 1 heterocycles. The molecule has 0 fully saturated rings. The van der Waals surface area contributed by atoms with E-state index in [-0.39, 0.29) is 22.3 Å². The van der Waals surface area contributed by atoms with Crippen molar-refractivity contribution in [2.24, 2.45) is 7.05 Å². The van der Waals surface area contributed by atoms with Gasteiger partial charge in [0.15, 0.2) is 0 Å². The second kappa shape index (κ2) is 8.33. The molecule has 0 atom stereocenters. The minimum Gasteiger partial charge on any atom is -0.344 e. The number of para-hydroxylation sites is 1. The standard InChI is InChI=1S/C27H15N5/c1-32-25-10-6-5-9-21(25)22-13-19(11-12-26(22)32)23(16-30)27(18-7-3-2-4-8-18)24(17-31)20(14-28)15-29/h2-13H,1H3. The van der Waals surface area contributed by atoms with Crippen LogP contribution in [0.1, 0.15) is 11.1 Å². The van der Waals surface area contributed by atoms with E-state index >= 15 is 0 Å². The lowest BCUT2D eigenvalue weighted by molar-refractivity contribution is 1.01. The van der Waals surface area contributed by atoms with Crippen molar-refractivity contribution in [1.82, 2.24) is 4.57 Å². The molecule has 32 heavy (non-hydrogen) atoms. The number of allylic oxidation sites excluding steroid dienone is 4. The minimum absolute atomic E-state index is 0.115. The molecule has 0 amide bonds. The van der Waals surface area contributed by atoms with E-state index in [1.54, 1.807) is 36.4 Å². The number of rotatable bonds is 3. The topological polar surface area (TPSA) is 100 Å². The summed E-state index contributed by atoms with van der Waals surface area (Å²) in [6.07, 6.45) is 0. The first-order valence-corrected chi connectivity index (χ1v) is 9.76. The summed E-state index contributed by atoms with van der Waals surface area (Å²) >= 11 is 0. The molecule has 0 N–H and O–H groups in total. The summed E-state index contributed by atoms with van der Waals surface area (Å²) in [7, 11) is 1.99. The lowest BCUT2D eigenvalue weighted by atomic mass is 9.88. The van der Waals surface area contributed by atoms with Crippen LogP contribution in [0.2, 0.25) is 0 Å². The number of nitriles is 4. The van der Waals surface area contributed by atoms with Crippen molar-refractivity contribution in [3.8, 4) is 24.3 Å². The van der Waals surface area contributed by atoms with Crippen LogP contribution >= 0.6 is 0 Å². The Morgan fingerprint density at radius 2 is 1.31 bits per heavy atom. The molecule has 0 radical (unpaired) electrons. The van der Waals surface area contributed by atoms with Gasteiger partial charge in [-0.2, -0.15) is 21.0 Å². The number of hydrogen-bond acceptors (Lipinski definition) is 4. The summed E-state index contributed by atoms with van der Waals surface area (Å²) in [5.74, 6) is 0. The van der Waals surface area contributed by atoms with Crippen LogP contribution in [0.5, 0.6) is 0 Å².